The van der Waals surface area contributed by atoms with Gasteiger partial charge in [-0.2, -0.15) is 0 Å². The summed E-state index contributed by atoms with van der Waals surface area (Å²) in [5, 5.41) is 3.59. The Morgan fingerprint density at radius 2 is 2.04 bits per heavy atom. The maximum Gasteiger partial charge on any atom is 0.194 e. The molecule has 23 heavy (non-hydrogen) atoms. The Bertz CT molecular complexity index is 546. The highest BCUT2D eigenvalue weighted by Gasteiger charge is 2.53. The average molecular weight is 316 g/mol. The molecule has 0 aromatic carbocycles. The van der Waals surface area contributed by atoms with Crippen molar-refractivity contribution >= 4 is 5.96 Å². The van der Waals surface area contributed by atoms with Gasteiger partial charge in [0, 0.05) is 49.4 Å². The first-order chi connectivity index (χ1) is 10.7. The minimum Gasteiger partial charge on any atom is -0.356 e. The van der Waals surface area contributed by atoms with Crippen LogP contribution in [0.15, 0.2) is 29.5 Å². The van der Waals surface area contributed by atoms with E-state index in [-0.39, 0.29) is 5.54 Å². The van der Waals surface area contributed by atoms with Crippen LogP contribution in [0.3, 0.4) is 0 Å². The summed E-state index contributed by atoms with van der Waals surface area (Å²) in [6, 6.07) is 4.18. The van der Waals surface area contributed by atoms with E-state index in [4.69, 9.17) is 0 Å². The lowest BCUT2D eigenvalue weighted by atomic mass is 9.65. The molecular formula is C19H32N4. The first kappa shape index (κ1) is 17.8. The van der Waals surface area contributed by atoms with E-state index in [0.717, 1.165) is 19.0 Å². The highest BCUT2D eigenvalue weighted by atomic mass is 15.4. The quantitative estimate of drug-likeness (QED) is 0.682. The Morgan fingerprint density at radius 3 is 2.48 bits per heavy atom. The predicted octanol–water partition coefficient (Wildman–Crippen LogP) is 3.52. The zero-order valence-electron chi connectivity index (χ0n) is 15.7. The van der Waals surface area contributed by atoms with E-state index in [1.807, 2.05) is 25.5 Å². The second kappa shape index (κ2) is 6.50. The monoisotopic (exact) mass is 316 g/mol. The Balaban J connectivity index is 2.06. The van der Waals surface area contributed by atoms with Crippen LogP contribution in [-0.4, -0.2) is 41.5 Å². The third-order valence-corrected chi connectivity index (χ3v) is 5.75. The smallest absolute Gasteiger partial charge is 0.194 e. The van der Waals surface area contributed by atoms with Gasteiger partial charge in [0.05, 0.1) is 0 Å². The van der Waals surface area contributed by atoms with Crippen LogP contribution >= 0.6 is 0 Å². The summed E-state index contributed by atoms with van der Waals surface area (Å²) in [5.74, 6) is 1.98. The van der Waals surface area contributed by atoms with Crippen molar-refractivity contribution in [2.24, 2.45) is 16.3 Å². The standard InChI is InChI=1S/C19H32N4/c1-14(2)16(15-9-8-10-21-11-15)12-22-17(20-7)23-13-18(3,4)19(23,5)6/h8-11,14,16H,12-13H2,1-7H3,(H,20,22). The molecule has 128 valence electrons. The van der Waals surface area contributed by atoms with E-state index >= 15 is 0 Å². The van der Waals surface area contributed by atoms with Gasteiger partial charge in [-0.05, 0) is 31.4 Å². The highest BCUT2D eigenvalue weighted by Crippen LogP contribution is 2.46. The van der Waals surface area contributed by atoms with Gasteiger partial charge in [0.15, 0.2) is 5.96 Å². The molecular weight excluding hydrogens is 284 g/mol. The summed E-state index contributed by atoms with van der Waals surface area (Å²) in [7, 11) is 1.87. The molecule has 1 aromatic rings. The van der Waals surface area contributed by atoms with Crippen LogP contribution < -0.4 is 5.32 Å². The molecule has 1 fully saturated rings. The maximum absolute atomic E-state index is 4.51. The van der Waals surface area contributed by atoms with E-state index in [0.29, 0.717) is 17.3 Å². The second-order valence-electron chi connectivity index (χ2n) is 8.09. The lowest BCUT2D eigenvalue weighted by molar-refractivity contribution is -0.0667. The molecule has 2 rings (SSSR count). The minimum absolute atomic E-state index is 0.122. The topological polar surface area (TPSA) is 40.5 Å². The van der Waals surface area contributed by atoms with E-state index in [2.05, 4.69) is 67.8 Å². The van der Waals surface area contributed by atoms with Crippen molar-refractivity contribution in [1.29, 1.82) is 0 Å². The van der Waals surface area contributed by atoms with Crippen LogP contribution in [0.2, 0.25) is 0 Å². The second-order valence-corrected chi connectivity index (χ2v) is 8.09. The number of pyridine rings is 1. The van der Waals surface area contributed by atoms with E-state index in [1.165, 1.54) is 5.56 Å². The van der Waals surface area contributed by atoms with Gasteiger partial charge < -0.3 is 10.2 Å². The largest absolute Gasteiger partial charge is 0.356 e. The van der Waals surface area contributed by atoms with Gasteiger partial charge in [-0.1, -0.05) is 33.8 Å². The molecule has 1 aliphatic heterocycles. The first-order valence-corrected chi connectivity index (χ1v) is 8.59. The predicted molar refractivity (Wildman–Crippen MR) is 97.7 cm³/mol. The average Bonchev–Trinajstić information content (AvgIpc) is 2.50. The molecule has 1 saturated heterocycles. The number of guanidine groups is 1. The Hall–Kier alpha value is -1.58. The Labute approximate surface area is 141 Å². The lowest BCUT2D eigenvalue weighted by Crippen LogP contribution is -2.72. The number of aromatic nitrogens is 1. The molecule has 4 heteroatoms. The number of hydrogen-bond acceptors (Lipinski definition) is 2. The van der Waals surface area contributed by atoms with Crippen LogP contribution in [0.5, 0.6) is 0 Å². The summed E-state index contributed by atoms with van der Waals surface area (Å²) < 4.78 is 0. The van der Waals surface area contributed by atoms with E-state index < -0.39 is 0 Å². The van der Waals surface area contributed by atoms with Gasteiger partial charge in [-0.15, -0.1) is 0 Å². The summed E-state index contributed by atoms with van der Waals surface area (Å²) in [4.78, 5) is 11.2. The molecule has 0 aliphatic carbocycles. The molecule has 1 N–H and O–H groups in total. The van der Waals surface area contributed by atoms with Crippen molar-refractivity contribution in [3.05, 3.63) is 30.1 Å². The SMILES string of the molecule is CN=C(NCC(c1cccnc1)C(C)C)N1CC(C)(C)C1(C)C. The van der Waals surface area contributed by atoms with Crippen LogP contribution in [-0.2, 0) is 0 Å². The molecule has 0 amide bonds. The van der Waals surface area contributed by atoms with Crippen LogP contribution in [0.25, 0.3) is 0 Å². The fourth-order valence-electron chi connectivity index (χ4n) is 3.23. The number of nitrogens with zero attached hydrogens (tertiary/aromatic N) is 3. The summed E-state index contributed by atoms with van der Waals surface area (Å²) in [5.41, 5.74) is 1.72. The minimum atomic E-state index is 0.122. The van der Waals surface area contributed by atoms with Crippen molar-refractivity contribution < 1.29 is 0 Å². The van der Waals surface area contributed by atoms with Gasteiger partial charge >= 0.3 is 0 Å². The van der Waals surface area contributed by atoms with Crippen LogP contribution in [0.1, 0.15) is 53.0 Å². The summed E-state index contributed by atoms with van der Waals surface area (Å²) >= 11 is 0. The molecule has 0 saturated carbocycles. The third kappa shape index (κ3) is 3.36. The fourth-order valence-corrected chi connectivity index (χ4v) is 3.23. The van der Waals surface area contributed by atoms with Crippen LogP contribution in [0.4, 0.5) is 0 Å². The zero-order valence-corrected chi connectivity index (χ0v) is 15.7. The number of likely N-dealkylation sites (tertiary alicyclic amines) is 1. The molecule has 1 aromatic heterocycles. The van der Waals surface area contributed by atoms with Crippen molar-refractivity contribution in [2.45, 2.75) is 53.0 Å². The zero-order chi connectivity index (χ0) is 17.3. The highest BCUT2D eigenvalue weighted by molar-refractivity contribution is 5.82. The van der Waals surface area contributed by atoms with E-state index in [1.54, 1.807) is 0 Å². The number of rotatable bonds is 4. The normalized spacial score (nSPS) is 21.0. The number of hydrogen-bond donors (Lipinski definition) is 1. The molecule has 1 unspecified atom stereocenters. The Morgan fingerprint density at radius 1 is 1.35 bits per heavy atom. The molecule has 1 aliphatic rings. The molecule has 1 atom stereocenters. The van der Waals surface area contributed by atoms with Gasteiger partial charge in [0.2, 0.25) is 0 Å². The molecule has 4 nitrogen and oxygen atoms in total. The summed E-state index contributed by atoms with van der Waals surface area (Å²) in [6.07, 6.45) is 3.81. The molecule has 0 spiro atoms. The van der Waals surface area contributed by atoms with E-state index in [9.17, 15) is 0 Å². The van der Waals surface area contributed by atoms with Crippen molar-refractivity contribution in [3.8, 4) is 0 Å². The fraction of sp³-hybridized carbons (Fsp3) is 0.684. The van der Waals surface area contributed by atoms with Gasteiger partial charge in [-0.25, -0.2) is 0 Å². The molecule has 2 heterocycles. The Kier molecular flexibility index (Phi) is 5.02. The number of aliphatic imine (C=N–C) groups is 1. The lowest BCUT2D eigenvalue weighted by Gasteiger charge is -2.62. The van der Waals surface area contributed by atoms with Crippen molar-refractivity contribution in [3.63, 3.8) is 0 Å². The summed E-state index contributed by atoms with van der Waals surface area (Å²) in [6.45, 7) is 15.7. The molecule has 0 bridgehead atoms. The first-order valence-electron chi connectivity index (χ1n) is 8.59. The third-order valence-electron chi connectivity index (χ3n) is 5.75. The van der Waals surface area contributed by atoms with Gasteiger partial charge in [-0.3, -0.25) is 9.98 Å². The maximum atomic E-state index is 4.51. The van der Waals surface area contributed by atoms with Crippen molar-refractivity contribution in [1.82, 2.24) is 15.2 Å². The molecule has 0 radical (unpaired) electrons. The van der Waals surface area contributed by atoms with Crippen LogP contribution in [0, 0.1) is 11.3 Å². The van der Waals surface area contributed by atoms with Gasteiger partial charge in [0.1, 0.15) is 0 Å². The van der Waals surface area contributed by atoms with Crippen molar-refractivity contribution in [2.75, 3.05) is 20.1 Å². The van der Waals surface area contributed by atoms with Gasteiger partial charge in [0.25, 0.3) is 0 Å². The number of nitrogens with one attached hydrogen (secondary N) is 1.